The van der Waals surface area contributed by atoms with Crippen molar-refractivity contribution in [2.75, 3.05) is 0 Å². The van der Waals surface area contributed by atoms with E-state index >= 15 is 0 Å². The van der Waals surface area contributed by atoms with Crippen LogP contribution in [0.4, 0.5) is 5.69 Å². The zero-order chi connectivity index (χ0) is 11.4. The Kier molecular flexibility index (Phi) is 5.49. The van der Waals surface area contributed by atoms with Gasteiger partial charge in [0.1, 0.15) is 0 Å². The molecule has 0 unspecified atom stereocenters. The van der Waals surface area contributed by atoms with Gasteiger partial charge < -0.3 is 10.8 Å². The summed E-state index contributed by atoms with van der Waals surface area (Å²) in [5, 5.41) is 19.8. The van der Waals surface area contributed by atoms with E-state index in [0.29, 0.717) is 12.0 Å². The Balaban J connectivity index is 0.00000225. The van der Waals surface area contributed by atoms with E-state index in [1.807, 2.05) is 0 Å². The molecule has 1 aromatic rings. The fraction of sp³-hybridized carbons (Fsp3) is 0.200. The van der Waals surface area contributed by atoms with Crippen LogP contribution in [-0.4, -0.2) is 10.0 Å². The van der Waals surface area contributed by atoms with E-state index in [4.69, 9.17) is 5.73 Å². The van der Waals surface area contributed by atoms with Gasteiger partial charge in [-0.1, -0.05) is 12.1 Å². The summed E-state index contributed by atoms with van der Waals surface area (Å²) >= 11 is 0. The van der Waals surface area contributed by atoms with Crippen LogP contribution in [0, 0.1) is 10.1 Å². The molecular formula is C10H13ClN2O3. The maximum atomic E-state index is 10.5. The highest BCUT2D eigenvalue weighted by Gasteiger charge is 2.15. The first-order valence-electron chi connectivity index (χ1n) is 4.40. The van der Waals surface area contributed by atoms with Crippen molar-refractivity contribution in [1.82, 2.24) is 0 Å². The third-order valence-corrected chi connectivity index (χ3v) is 2.04. The molecule has 0 radical (unpaired) electrons. The van der Waals surface area contributed by atoms with E-state index < -0.39 is 4.92 Å². The highest BCUT2D eigenvalue weighted by atomic mass is 35.5. The van der Waals surface area contributed by atoms with Crippen molar-refractivity contribution in [2.45, 2.75) is 12.5 Å². The van der Waals surface area contributed by atoms with Crippen LogP contribution < -0.4 is 5.73 Å². The third kappa shape index (κ3) is 3.22. The van der Waals surface area contributed by atoms with Crippen molar-refractivity contribution in [1.29, 1.82) is 0 Å². The number of aromatic hydroxyl groups is 1. The summed E-state index contributed by atoms with van der Waals surface area (Å²) < 4.78 is 0. The summed E-state index contributed by atoms with van der Waals surface area (Å²) in [5.41, 5.74) is 6.03. The van der Waals surface area contributed by atoms with Crippen LogP contribution in [0.3, 0.4) is 0 Å². The molecule has 1 atom stereocenters. The quantitative estimate of drug-likeness (QED) is 0.483. The predicted octanol–water partition coefficient (Wildman–Crippen LogP) is 2.30. The van der Waals surface area contributed by atoms with Gasteiger partial charge in [0.2, 0.25) is 0 Å². The lowest BCUT2D eigenvalue weighted by atomic mass is 10.0. The first kappa shape index (κ1) is 14.4. The monoisotopic (exact) mass is 244 g/mol. The SMILES string of the molecule is C=CC[C@H](N)c1ccc(O)c([N+](=O)[O-])c1.Cl. The van der Waals surface area contributed by atoms with Crippen LogP contribution >= 0.6 is 12.4 Å². The number of phenolic OH excluding ortho intramolecular Hbond substituents is 1. The lowest BCUT2D eigenvalue weighted by molar-refractivity contribution is -0.385. The number of nitrogens with zero attached hydrogens (tertiary/aromatic N) is 1. The molecule has 6 heteroatoms. The smallest absolute Gasteiger partial charge is 0.311 e. The highest BCUT2D eigenvalue weighted by molar-refractivity contribution is 5.85. The Morgan fingerprint density at radius 3 is 2.75 bits per heavy atom. The van der Waals surface area contributed by atoms with Gasteiger partial charge >= 0.3 is 5.69 Å². The molecule has 5 nitrogen and oxygen atoms in total. The molecule has 1 rings (SSSR count). The van der Waals surface area contributed by atoms with Crippen LogP contribution in [0.25, 0.3) is 0 Å². The molecule has 0 fully saturated rings. The van der Waals surface area contributed by atoms with E-state index in [9.17, 15) is 15.2 Å². The van der Waals surface area contributed by atoms with E-state index in [2.05, 4.69) is 6.58 Å². The van der Waals surface area contributed by atoms with Crippen LogP contribution in [0.1, 0.15) is 18.0 Å². The first-order chi connectivity index (χ1) is 7.06. The summed E-state index contributed by atoms with van der Waals surface area (Å²) in [7, 11) is 0. The number of nitrogens with two attached hydrogens (primary N) is 1. The molecule has 0 aliphatic carbocycles. The van der Waals surface area contributed by atoms with E-state index in [-0.39, 0.29) is 29.9 Å². The molecule has 0 aliphatic rings. The Bertz CT molecular complexity index is 396. The summed E-state index contributed by atoms with van der Waals surface area (Å²) in [6.07, 6.45) is 2.17. The minimum atomic E-state index is -0.639. The molecule has 0 amide bonds. The second-order valence-electron chi connectivity index (χ2n) is 3.14. The molecule has 0 saturated heterocycles. The average molecular weight is 245 g/mol. The molecule has 0 saturated carbocycles. The minimum absolute atomic E-state index is 0. The molecule has 0 bridgehead atoms. The lowest BCUT2D eigenvalue weighted by Gasteiger charge is -2.09. The van der Waals surface area contributed by atoms with Crippen molar-refractivity contribution in [3.8, 4) is 5.75 Å². The fourth-order valence-electron chi connectivity index (χ4n) is 1.23. The molecule has 0 heterocycles. The molecule has 0 aromatic heterocycles. The molecule has 1 aromatic carbocycles. The zero-order valence-corrected chi connectivity index (χ0v) is 9.31. The van der Waals surface area contributed by atoms with Gasteiger partial charge in [-0.2, -0.15) is 0 Å². The van der Waals surface area contributed by atoms with E-state index in [1.54, 1.807) is 12.1 Å². The Hall–Kier alpha value is -1.59. The van der Waals surface area contributed by atoms with Gasteiger partial charge in [-0.25, -0.2) is 0 Å². The molecule has 16 heavy (non-hydrogen) atoms. The summed E-state index contributed by atoms with van der Waals surface area (Å²) in [5.74, 6) is -0.352. The van der Waals surface area contributed by atoms with Crippen molar-refractivity contribution in [3.05, 3.63) is 46.5 Å². The number of hydrogen-bond acceptors (Lipinski definition) is 4. The Morgan fingerprint density at radius 2 is 2.25 bits per heavy atom. The number of benzene rings is 1. The zero-order valence-electron chi connectivity index (χ0n) is 8.50. The fourth-order valence-corrected chi connectivity index (χ4v) is 1.23. The second-order valence-corrected chi connectivity index (χ2v) is 3.14. The van der Waals surface area contributed by atoms with E-state index in [1.165, 1.54) is 12.1 Å². The van der Waals surface area contributed by atoms with Crippen LogP contribution in [0.2, 0.25) is 0 Å². The molecular weight excluding hydrogens is 232 g/mol. The van der Waals surface area contributed by atoms with Crippen molar-refractivity contribution in [3.63, 3.8) is 0 Å². The van der Waals surface area contributed by atoms with Crippen LogP contribution in [0.5, 0.6) is 5.75 Å². The predicted molar refractivity (Wildman–Crippen MR) is 63.8 cm³/mol. The van der Waals surface area contributed by atoms with Gasteiger partial charge in [-0.05, 0) is 18.1 Å². The summed E-state index contributed by atoms with van der Waals surface area (Å²) in [6.45, 7) is 3.54. The Labute approximate surface area is 99.1 Å². The number of hydrogen-bond donors (Lipinski definition) is 2. The first-order valence-corrected chi connectivity index (χ1v) is 4.40. The van der Waals surface area contributed by atoms with Gasteiger partial charge in [0.25, 0.3) is 0 Å². The van der Waals surface area contributed by atoms with Crippen LogP contribution in [-0.2, 0) is 0 Å². The van der Waals surface area contributed by atoms with Crippen molar-refractivity contribution >= 4 is 18.1 Å². The highest BCUT2D eigenvalue weighted by Crippen LogP contribution is 2.28. The number of halogens is 1. The summed E-state index contributed by atoms with van der Waals surface area (Å²) in [4.78, 5) is 9.90. The summed E-state index contributed by atoms with van der Waals surface area (Å²) in [6, 6.07) is 3.79. The number of nitro groups is 1. The normalized spacial score (nSPS) is 11.3. The van der Waals surface area contributed by atoms with E-state index in [0.717, 1.165) is 0 Å². The minimum Gasteiger partial charge on any atom is -0.502 e. The van der Waals surface area contributed by atoms with Crippen molar-refractivity contribution in [2.24, 2.45) is 5.73 Å². The standard InChI is InChI=1S/C10H12N2O3.ClH/c1-2-3-8(11)7-4-5-10(13)9(6-7)12(14)15;/h2,4-6,8,13H,1,3,11H2;1H/t8-;/m0./s1. The molecule has 0 spiro atoms. The van der Waals surface area contributed by atoms with Crippen molar-refractivity contribution < 1.29 is 10.0 Å². The average Bonchev–Trinajstić information content (AvgIpc) is 2.18. The molecule has 88 valence electrons. The largest absolute Gasteiger partial charge is 0.502 e. The Morgan fingerprint density at radius 1 is 1.62 bits per heavy atom. The third-order valence-electron chi connectivity index (χ3n) is 2.04. The van der Waals surface area contributed by atoms with Gasteiger partial charge in [0.05, 0.1) is 4.92 Å². The van der Waals surface area contributed by atoms with Gasteiger partial charge in [-0.3, -0.25) is 10.1 Å². The number of nitro benzene ring substituents is 1. The molecule has 3 N–H and O–H groups in total. The lowest BCUT2D eigenvalue weighted by Crippen LogP contribution is -2.09. The number of phenols is 1. The van der Waals surface area contributed by atoms with Crippen LogP contribution in [0.15, 0.2) is 30.9 Å². The molecule has 0 aliphatic heterocycles. The topological polar surface area (TPSA) is 89.4 Å². The second kappa shape index (κ2) is 6.09. The van der Waals surface area contributed by atoms with Gasteiger partial charge in [0.15, 0.2) is 5.75 Å². The maximum Gasteiger partial charge on any atom is 0.311 e. The number of rotatable bonds is 4. The maximum absolute atomic E-state index is 10.5. The van der Waals surface area contributed by atoms with Gasteiger partial charge in [-0.15, -0.1) is 19.0 Å². The van der Waals surface area contributed by atoms with Gasteiger partial charge in [0, 0.05) is 12.1 Å².